The molecule has 0 saturated carbocycles. The Morgan fingerprint density at radius 3 is 2.64 bits per heavy atom. The fraction of sp³-hybridized carbons (Fsp3) is 0.222. The molecule has 0 radical (unpaired) electrons. The molecule has 0 saturated heterocycles. The summed E-state index contributed by atoms with van der Waals surface area (Å²) in [4.78, 5) is 23.8. The van der Waals surface area contributed by atoms with Crippen molar-refractivity contribution >= 4 is 17.6 Å². The zero-order valence-corrected chi connectivity index (χ0v) is 13.6. The molecule has 25 heavy (non-hydrogen) atoms. The second-order valence-corrected chi connectivity index (χ2v) is 5.18. The second kappa shape index (κ2) is 7.57. The summed E-state index contributed by atoms with van der Waals surface area (Å²) >= 11 is 0. The summed E-state index contributed by atoms with van der Waals surface area (Å²) in [5.74, 6) is 0.797. The summed E-state index contributed by atoms with van der Waals surface area (Å²) in [6.07, 6.45) is 0. The van der Waals surface area contributed by atoms with Crippen molar-refractivity contribution in [2.75, 3.05) is 32.2 Å². The summed E-state index contributed by atoms with van der Waals surface area (Å²) in [6, 6.07) is 11.7. The molecule has 0 fully saturated rings. The van der Waals surface area contributed by atoms with Crippen molar-refractivity contribution in [3.63, 3.8) is 0 Å². The zero-order chi connectivity index (χ0) is 17.6. The number of fused-ring (bicyclic) bond motifs is 1. The Morgan fingerprint density at radius 2 is 1.84 bits per heavy atom. The number of para-hydroxylation sites is 1. The van der Waals surface area contributed by atoms with Gasteiger partial charge in [-0.15, -0.1) is 0 Å². The van der Waals surface area contributed by atoms with Gasteiger partial charge in [-0.2, -0.15) is 0 Å². The standard InChI is InChI=1S/C18H17NO6/c1-22-18(21)13-4-2-3-5-14(13)19-17(20)11-25-12-6-7-15-16(10-12)24-9-8-23-15/h2-7,10H,8-9,11H2,1H3,(H,19,20). The molecule has 0 unspecified atom stereocenters. The number of rotatable bonds is 5. The van der Waals surface area contributed by atoms with Crippen molar-refractivity contribution in [3.8, 4) is 17.2 Å². The van der Waals surface area contributed by atoms with E-state index in [1.165, 1.54) is 7.11 Å². The van der Waals surface area contributed by atoms with Crippen molar-refractivity contribution in [2.45, 2.75) is 0 Å². The van der Waals surface area contributed by atoms with Gasteiger partial charge in [0.05, 0.1) is 18.4 Å². The predicted octanol–water partition coefficient (Wildman–Crippen LogP) is 2.26. The van der Waals surface area contributed by atoms with Gasteiger partial charge in [0.1, 0.15) is 19.0 Å². The van der Waals surface area contributed by atoms with Crippen LogP contribution in [0.1, 0.15) is 10.4 Å². The first-order valence-electron chi connectivity index (χ1n) is 7.67. The van der Waals surface area contributed by atoms with Crippen molar-refractivity contribution < 1.29 is 28.5 Å². The predicted molar refractivity (Wildman–Crippen MR) is 89.3 cm³/mol. The van der Waals surface area contributed by atoms with Crippen molar-refractivity contribution in [1.82, 2.24) is 0 Å². The van der Waals surface area contributed by atoms with E-state index >= 15 is 0 Å². The molecule has 2 aromatic carbocycles. The maximum Gasteiger partial charge on any atom is 0.339 e. The van der Waals surface area contributed by atoms with Crippen LogP contribution in [-0.2, 0) is 9.53 Å². The molecule has 7 nitrogen and oxygen atoms in total. The first-order valence-corrected chi connectivity index (χ1v) is 7.67. The Hall–Kier alpha value is -3.22. The number of anilines is 1. The van der Waals surface area contributed by atoms with Crippen LogP contribution < -0.4 is 19.5 Å². The van der Waals surface area contributed by atoms with Crippen molar-refractivity contribution in [1.29, 1.82) is 0 Å². The summed E-state index contributed by atoms with van der Waals surface area (Å²) < 4.78 is 21.1. The third-order valence-electron chi connectivity index (χ3n) is 3.49. The molecule has 0 spiro atoms. The molecular formula is C18H17NO6. The Kier molecular flexibility index (Phi) is 5.03. The molecule has 7 heteroatoms. The molecular weight excluding hydrogens is 326 g/mol. The summed E-state index contributed by atoms with van der Waals surface area (Å²) in [7, 11) is 1.28. The highest BCUT2D eigenvalue weighted by Gasteiger charge is 2.15. The molecule has 3 rings (SSSR count). The number of ether oxygens (including phenoxy) is 4. The topological polar surface area (TPSA) is 83.1 Å². The van der Waals surface area contributed by atoms with Gasteiger partial charge in [-0.3, -0.25) is 4.79 Å². The van der Waals surface area contributed by atoms with Crippen LogP contribution in [0.25, 0.3) is 0 Å². The van der Waals surface area contributed by atoms with Crippen LogP contribution >= 0.6 is 0 Å². The minimum Gasteiger partial charge on any atom is -0.486 e. The van der Waals surface area contributed by atoms with E-state index in [2.05, 4.69) is 5.32 Å². The minimum absolute atomic E-state index is 0.213. The highest BCUT2D eigenvalue weighted by molar-refractivity contribution is 6.01. The van der Waals surface area contributed by atoms with E-state index in [0.717, 1.165) is 0 Å². The van der Waals surface area contributed by atoms with Gasteiger partial charge in [-0.1, -0.05) is 12.1 Å². The van der Waals surface area contributed by atoms with Crippen LogP contribution in [0.2, 0.25) is 0 Å². The van der Waals surface area contributed by atoms with Gasteiger partial charge in [-0.05, 0) is 24.3 Å². The van der Waals surface area contributed by atoms with Gasteiger partial charge >= 0.3 is 5.97 Å². The maximum absolute atomic E-state index is 12.1. The lowest BCUT2D eigenvalue weighted by molar-refractivity contribution is -0.118. The van der Waals surface area contributed by atoms with Crippen LogP contribution in [0.5, 0.6) is 17.2 Å². The average Bonchev–Trinajstić information content (AvgIpc) is 2.66. The van der Waals surface area contributed by atoms with Gasteiger partial charge in [-0.25, -0.2) is 4.79 Å². The SMILES string of the molecule is COC(=O)c1ccccc1NC(=O)COc1ccc2c(c1)OCCO2. The van der Waals surface area contributed by atoms with E-state index < -0.39 is 11.9 Å². The van der Waals surface area contributed by atoms with Crippen LogP contribution in [0.3, 0.4) is 0 Å². The Balaban J connectivity index is 1.61. The zero-order valence-electron chi connectivity index (χ0n) is 13.6. The first-order chi connectivity index (χ1) is 12.2. The fourth-order valence-electron chi connectivity index (χ4n) is 2.33. The highest BCUT2D eigenvalue weighted by Crippen LogP contribution is 2.33. The van der Waals surface area contributed by atoms with Crippen LogP contribution in [-0.4, -0.2) is 38.8 Å². The first kappa shape index (κ1) is 16.6. The van der Waals surface area contributed by atoms with E-state index in [4.69, 9.17) is 18.9 Å². The van der Waals surface area contributed by atoms with E-state index in [-0.39, 0.29) is 12.2 Å². The lowest BCUT2D eigenvalue weighted by Crippen LogP contribution is -2.22. The third-order valence-corrected chi connectivity index (χ3v) is 3.49. The lowest BCUT2D eigenvalue weighted by Gasteiger charge is -2.18. The average molecular weight is 343 g/mol. The van der Waals surface area contributed by atoms with E-state index in [1.54, 1.807) is 42.5 Å². The number of carbonyl (C=O) groups is 2. The van der Waals surface area contributed by atoms with Gasteiger partial charge in [0.15, 0.2) is 18.1 Å². The van der Waals surface area contributed by atoms with E-state index in [9.17, 15) is 9.59 Å². The fourth-order valence-corrected chi connectivity index (χ4v) is 2.33. The molecule has 1 amide bonds. The Morgan fingerprint density at radius 1 is 1.08 bits per heavy atom. The molecule has 1 aliphatic rings. The molecule has 1 heterocycles. The van der Waals surface area contributed by atoms with Gasteiger partial charge in [0.25, 0.3) is 5.91 Å². The van der Waals surface area contributed by atoms with Crippen molar-refractivity contribution in [3.05, 3.63) is 48.0 Å². The number of nitrogens with one attached hydrogen (secondary N) is 1. The van der Waals surface area contributed by atoms with Crippen LogP contribution in [0, 0.1) is 0 Å². The molecule has 0 bridgehead atoms. The number of carbonyl (C=O) groups excluding carboxylic acids is 2. The number of methoxy groups -OCH3 is 1. The number of esters is 1. The van der Waals surface area contributed by atoms with E-state index in [0.29, 0.717) is 36.1 Å². The summed E-state index contributed by atoms with van der Waals surface area (Å²) in [5, 5.41) is 2.64. The largest absolute Gasteiger partial charge is 0.486 e. The number of hydrogen-bond acceptors (Lipinski definition) is 6. The molecule has 130 valence electrons. The Bertz CT molecular complexity index is 789. The third kappa shape index (κ3) is 4.00. The summed E-state index contributed by atoms with van der Waals surface area (Å²) in [5.41, 5.74) is 0.641. The van der Waals surface area contributed by atoms with Crippen molar-refractivity contribution in [2.24, 2.45) is 0 Å². The van der Waals surface area contributed by atoms with E-state index in [1.807, 2.05) is 0 Å². The van der Waals surface area contributed by atoms with Gasteiger partial charge < -0.3 is 24.3 Å². The quantitative estimate of drug-likeness (QED) is 0.839. The molecule has 0 aromatic heterocycles. The molecule has 1 N–H and O–H groups in total. The number of hydrogen-bond donors (Lipinski definition) is 1. The molecule has 0 atom stereocenters. The normalized spacial score (nSPS) is 12.2. The van der Waals surface area contributed by atoms with Crippen LogP contribution in [0.15, 0.2) is 42.5 Å². The highest BCUT2D eigenvalue weighted by atomic mass is 16.6. The van der Waals surface area contributed by atoms with Gasteiger partial charge in [0, 0.05) is 6.07 Å². The molecule has 0 aliphatic carbocycles. The molecule has 1 aliphatic heterocycles. The number of benzene rings is 2. The maximum atomic E-state index is 12.1. The lowest BCUT2D eigenvalue weighted by atomic mass is 10.2. The number of amides is 1. The van der Waals surface area contributed by atoms with Gasteiger partial charge in [0.2, 0.25) is 0 Å². The van der Waals surface area contributed by atoms with Crippen LogP contribution in [0.4, 0.5) is 5.69 Å². The second-order valence-electron chi connectivity index (χ2n) is 5.18. The molecule has 2 aromatic rings. The summed E-state index contributed by atoms with van der Waals surface area (Å²) in [6.45, 7) is 0.769. The monoisotopic (exact) mass is 343 g/mol. The Labute approximate surface area is 144 Å². The smallest absolute Gasteiger partial charge is 0.339 e. The minimum atomic E-state index is -0.524.